The molecule has 2 aliphatic heterocycles. The summed E-state index contributed by atoms with van der Waals surface area (Å²) in [6.07, 6.45) is 1.45. The second-order valence-corrected chi connectivity index (χ2v) is 9.35. The topological polar surface area (TPSA) is 97.0 Å². The van der Waals surface area contributed by atoms with E-state index in [-0.39, 0.29) is 45.7 Å². The molecule has 2 aromatic heterocycles. The minimum Gasteiger partial charge on any atom is -0.505 e. The first-order chi connectivity index (χ1) is 16.7. The summed E-state index contributed by atoms with van der Waals surface area (Å²) in [4.78, 5) is 43.3. The van der Waals surface area contributed by atoms with Crippen molar-refractivity contribution in [2.75, 3.05) is 33.4 Å². The molecule has 1 saturated heterocycles. The van der Waals surface area contributed by atoms with Crippen LogP contribution in [0.2, 0.25) is 5.02 Å². The normalized spacial score (nSPS) is 18.3. The first-order valence-corrected chi connectivity index (χ1v) is 11.6. The molecule has 0 radical (unpaired) electrons. The molecule has 9 nitrogen and oxygen atoms in total. The van der Waals surface area contributed by atoms with Gasteiger partial charge in [-0.2, -0.15) is 0 Å². The Morgan fingerprint density at radius 1 is 1.26 bits per heavy atom. The zero-order chi connectivity index (χ0) is 25.0. The molecule has 4 heterocycles. The number of amides is 2. The second kappa shape index (κ2) is 8.69. The number of fused-ring (bicyclic) bond motifs is 3. The summed E-state index contributed by atoms with van der Waals surface area (Å²) in [5.74, 6) is -1.80. The zero-order valence-corrected chi connectivity index (χ0v) is 20.0. The maximum atomic E-state index is 13.8. The lowest BCUT2D eigenvalue weighted by atomic mass is 10.1. The van der Waals surface area contributed by atoms with E-state index in [1.165, 1.54) is 33.9 Å². The van der Waals surface area contributed by atoms with Crippen LogP contribution >= 0.6 is 11.6 Å². The van der Waals surface area contributed by atoms with Gasteiger partial charge in [-0.25, -0.2) is 4.39 Å². The number of ether oxygens (including phenoxy) is 1. The molecule has 1 fully saturated rings. The molecule has 35 heavy (non-hydrogen) atoms. The number of hydrogen-bond donors (Lipinski definition) is 1. The molecular weight excluding hydrogens is 479 g/mol. The van der Waals surface area contributed by atoms with Crippen molar-refractivity contribution in [2.45, 2.75) is 26.1 Å². The molecule has 1 N–H and O–H groups in total. The molecule has 0 bridgehead atoms. The summed E-state index contributed by atoms with van der Waals surface area (Å²) in [5, 5.41) is 10.9. The SMILES string of the molecule is CC1COCCN1C(=O)c1cn(Cc2ccc(F)c(Cl)c2)c(=O)c2c(O)c3n(c12)CCN(C)C3=O. The Kier molecular flexibility index (Phi) is 5.80. The van der Waals surface area contributed by atoms with Gasteiger partial charge in [0, 0.05) is 32.9 Å². The number of carbonyl (C=O) groups excluding carboxylic acids is 2. The van der Waals surface area contributed by atoms with Crippen LogP contribution in [0.4, 0.5) is 4.39 Å². The molecule has 11 heteroatoms. The third-order valence-corrected chi connectivity index (χ3v) is 6.95. The number of nitrogens with zero attached hydrogens (tertiary/aromatic N) is 4. The summed E-state index contributed by atoms with van der Waals surface area (Å²) in [7, 11) is 1.61. The Morgan fingerprint density at radius 2 is 2.03 bits per heavy atom. The average molecular weight is 503 g/mol. The highest BCUT2D eigenvalue weighted by Crippen LogP contribution is 2.35. The molecule has 0 saturated carbocycles. The van der Waals surface area contributed by atoms with Gasteiger partial charge in [-0.1, -0.05) is 17.7 Å². The number of hydrogen-bond acceptors (Lipinski definition) is 5. The highest BCUT2D eigenvalue weighted by molar-refractivity contribution is 6.30. The average Bonchev–Trinajstić information content (AvgIpc) is 3.13. The van der Waals surface area contributed by atoms with Crippen LogP contribution in [0.3, 0.4) is 0 Å². The number of carbonyl (C=O) groups is 2. The Hall–Kier alpha value is -3.37. The Morgan fingerprint density at radius 3 is 2.74 bits per heavy atom. The van der Waals surface area contributed by atoms with E-state index < -0.39 is 23.0 Å². The standard InChI is InChI=1S/C24H24ClFN4O5/c1-13-12-35-8-7-29(13)22(32)15-11-28(10-14-3-4-17(26)16(25)9-14)23(33)18-19(15)30-6-5-27(2)24(34)20(30)21(18)31/h3-4,9,11,13,31H,5-8,10,12H2,1-2H3. The lowest BCUT2D eigenvalue weighted by Gasteiger charge is -2.33. The molecule has 1 atom stereocenters. The Bertz CT molecular complexity index is 1430. The maximum absolute atomic E-state index is 13.8. The van der Waals surface area contributed by atoms with Gasteiger partial charge < -0.3 is 28.8 Å². The smallest absolute Gasteiger partial charge is 0.274 e. The number of rotatable bonds is 3. The third kappa shape index (κ3) is 3.77. The van der Waals surface area contributed by atoms with Gasteiger partial charge in [-0.3, -0.25) is 14.4 Å². The van der Waals surface area contributed by atoms with Gasteiger partial charge in [-0.15, -0.1) is 0 Å². The van der Waals surface area contributed by atoms with Crippen LogP contribution in [0.5, 0.6) is 5.75 Å². The largest absolute Gasteiger partial charge is 0.505 e. The molecule has 1 unspecified atom stereocenters. The van der Waals surface area contributed by atoms with Crippen molar-refractivity contribution in [3.8, 4) is 5.75 Å². The van der Waals surface area contributed by atoms with E-state index in [4.69, 9.17) is 16.3 Å². The lowest BCUT2D eigenvalue weighted by molar-refractivity contribution is 0.00363. The third-order valence-electron chi connectivity index (χ3n) is 6.66. The summed E-state index contributed by atoms with van der Waals surface area (Å²) in [6, 6.07) is 3.90. The minimum atomic E-state index is -0.587. The molecular formula is C24H24ClFN4O5. The number of likely N-dealkylation sites (N-methyl/N-ethyl adjacent to an activating group) is 1. The molecule has 184 valence electrons. The highest BCUT2D eigenvalue weighted by Gasteiger charge is 2.35. The summed E-state index contributed by atoms with van der Waals surface area (Å²) < 4.78 is 22.0. The molecule has 0 aliphatic carbocycles. The Labute approximate surface area is 204 Å². The van der Waals surface area contributed by atoms with Crippen LogP contribution in [0.15, 0.2) is 29.2 Å². The van der Waals surface area contributed by atoms with Gasteiger partial charge in [0.2, 0.25) is 0 Å². The summed E-state index contributed by atoms with van der Waals surface area (Å²) >= 11 is 5.92. The van der Waals surface area contributed by atoms with E-state index in [0.29, 0.717) is 38.4 Å². The highest BCUT2D eigenvalue weighted by atomic mass is 35.5. The molecule has 2 aliphatic rings. The van der Waals surface area contributed by atoms with Crippen LogP contribution in [-0.2, 0) is 17.8 Å². The molecule has 3 aromatic rings. The van der Waals surface area contributed by atoms with Gasteiger partial charge in [0.1, 0.15) is 11.2 Å². The summed E-state index contributed by atoms with van der Waals surface area (Å²) in [5.41, 5.74) is 0.385. The number of benzene rings is 1. The molecule has 5 rings (SSSR count). The van der Waals surface area contributed by atoms with Crippen LogP contribution < -0.4 is 5.56 Å². The number of pyridine rings is 1. The molecule has 0 spiro atoms. The maximum Gasteiger partial charge on any atom is 0.274 e. The molecule has 1 aromatic carbocycles. The van der Waals surface area contributed by atoms with Gasteiger partial charge in [-0.05, 0) is 24.6 Å². The van der Waals surface area contributed by atoms with Gasteiger partial charge >= 0.3 is 0 Å². The van der Waals surface area contributed by atoms with Crippen molar-refractivity contribution in [3.63, 3.8) is 0 Å². The number of aromatic hydroxyl groups is 1. The quantitative estimate of drug-likeness (QED) is 0.593. The van der Waals surface area contributed by atoms with E-state index in [9.17, 15) is 23.9 Å². The number of halogens is 2. The van der Waals surface area contributed by atoms with E-state index in [1.54, 1.807) is 16.5 Å². The van der Waals surface area contributed by atoms with Crippen LogP contribution in [0.25, 0.3) is 10.9 Å². The van der Waals surface area contributed by atoms with E-state index in [2.05, 4.69) is 0 Å². The van der Waals surface area contributed by atoms with Crippen molar-refractivity contribution in [1.82, 2.24) is 18.9 Å². The van der Waals surface area contributed by atoms with Crippen LogP contribution in [0, 0.1) is 5.82 Å². The van der Waals surface area contributed by atoms with Crippen LogP contribution in [0.1, 0.15) is 33.3 Å². The molecule has 2 amide bonds. The lowest BCUT2D eigenvalue weighted by Crippen LogP contribution is -2.47. The fraction of sp³-hybridized carbons (Fsp3) is 0.375. The van der Waals surface area contributed by atoms with Crippen molar-refractivity contribution in [2.24, 2.45) is 0 Å². The minimum absolute atomic E-state index is 0.0124. The first kappa shape index (κ1) is 23.4. The van der Waals surface area contributed by atoms with Crippen LogP contribution in [-0.4, -0.2) is 75.2 Å². The second-order valence-electron chi connectivity index (χ2n) is 8.95. The van der Waals surface area contributed by atoms with Crippen molar-refractivity contribution >= 4 is 34.3 Å². The van der Waals surface area contributed by atoms with Crippen molar-refractivity contribution in [3.05, 3.63) is 62.4 Å². The Balaban J connectivity index is 1.75. The monoisotopic (exact) mass is 502 g/mol. The zero-order valence-electron chi connectivity index (χ0n) is 19.3. The van der Waals surface area contributed by atoms with Crippen molar-refractivity contribution in [1.29, 1.82) is 0 Å². The first-order valence-electron chi connectivity index (χ1n) is 11.3. The van der Waals surface area contributed by atoms with Gasteiger partial charge in [0.15, 0.2) is 11.4 Å². The van der Waals surface area contributed by atoms with Crippen molar-refractivity contribution < 1.29 is 23.8 Å². The fourth-order valence-electron chi connectivity index (χ4n) is 4.77. The summed E-state index contributed by atoms with van der Waals surface area (Å²) in [6.45, 7) is 3.68. The van der Waals surface area contributed by atoms with Gasteiger partial charge in [0.25, 0.3) is 17.4 Å². The number of aromatic nitrogens is 2. The fourth-order valence-corrected chi connectivity index (χ4v) is 4.98. The number of morpholine rings is 1. The van der Waals surface area contributed by atoms with E-state index >= 15 is 0 Å². The predicted octanol–water partition coefficient (Wildman–Crippen LogP) is 2.30. The van der Waals surface area contributed by atoms with E-state index in [0.717, 1.165) is 0 Å². The predicted molar refractivity (Wildman–Crippen MR) is 127 cm³/mol. The van der Waals surface area contributed by atoms with Gasteiger partial charge in [0.05, 0.1) is 41.9 Å². The van der Waals surface area contributed by atoms with E-state index in [1.807, 2.05) is 6.92 Å².